The molecule has 0 bridgehead atoms. The Kier molecular flexibility index (Phi) is 2.88. The molecule has 1 fully saturated rings. The molecule has 4 heteroatoms. The standard InChI is InChI=1S/C14H17N3O/c15-14(13-16-10-18-17-13)8-6-12(7-9-14)11-4-2-1-3-5-11/h1-5,10,12H,6-9,15H2. The van der Waals surface area contributed by atoms with E-state index in [0.29, 0.717) is 11.7 Å². The number of hydrogen-bond donors (Lipinski definition) is 1. The summed E-state index contributed by atoms with van der Waals surface area (Å²) in [6, 6.07) is 10.6. The van der Waals surface area contributed by atoms with Gasteiger partial charge in [-0.1, -0.05) is 35.5 Å². The van der Waals surface area contributed by atoms with E-state index >= 15 is 0 Å². The van der Waals surface area contributed by atoms with E-state index in [1.165, 1.54) is 12.0 Å². The number of nitrogens with two attached hydrogens (primary N) is 1. The Hall–Kier alpha value is -1.68. The van der Waals surface area contributed by atoms with Crippen molar-refractivity contribution in [1.82, 2.24) is 10.1 Å². The first-order chi connectivity index (χ1) is 8.78. The average molecular weight is 243 g/mol. The van der Waals surface area contributed by atoms with E-state index < -0.39 is 5.54 Å². The summed E-state index contributed by atoms with van der Waals surface area (Å²) in [4.78, 5) is 4.11. The van der Waals surface area contributed by atoms with Crippen LogP contribution in [0.25, 0.3) is 0 Å². The van der Waals surface area contributed by atoms with Gasteiger partial charge in [0, 0.05) is 0 Å². The molecule has 2 aromatic rings. The highest BCUT2D eigenvalue weighted by atomic mass is 16.5. The van der Waals surface area contributed by atoms with E-state index in [2.05, 4.69) is 40.5 Å². The predicted molar refractivity (Wildman–Crippen MR) is 67.8 cm³/mol. The van der Waals surface area contributed by atoms with Crippen LogP contribution in [0.4, 0.5) is 0 Å². The van der Waals surface area contributed by atoms with E-state index in [4.69, 9.17) is 10.3 Å². The van der Waals surface area contributed by atoms with Crippen molar-refractivity contribution in [2.24, 2.45) is 5.73 Å². The first-order valence-corrected chi connectivity index (χ1v) is 6.39. The second-order valence-electron chi connectivity index (χ2n) is 5.10. The van der Waals surface area contributed by atoms with Gasteiger partial charge in [-0.05, 0) is 37.2 Å². The fourth-order valence-corrected chi connectivity index (χ4v) is 2.81. The molecule has 4 nitrogen and oxygen atoms in total. The molecule has 2 N–H and O–H groups in total. The number of nitrogens with zero attached hydrogens (tertiary/aromatic N) is 2. The van der Waals surface area contributed by atoms with Gasteiger partial charge in [0.15, 0.2) is 5.82 Å². The van der Waals surface area contributed by atoms with Gasteiger partial charge < -0.3 is 10.3 Å². The van der Waals surface area contributed by atoms with Crippen molar-refractivity contribution < 1.29 is 4.52 Å². The molecule has 1 heterocycles. The Morgan fingerprint density at radius 3 is 2.50 bits per heavy atom. The molecular formula is C14H17N3O. The fraction of sp³-hybridized carbons (Fsp3) is 0.429. The molecule has 1 saturated carbocycles. The first kappa shape index (κ1) is 11.4. The third-order valence-electron chi connectivity index (χ3n) is 3.96. The van der Waals surface area contributed by atoms with Gasteiger partial charge in [-0.2, -0.15) is 4.98 Å². The van der Waals surface area contributed by atoms with Crippen LogP contribution in [0.1, 0.15) is 43.0 Å². The van der Waals surface area contributed by atoms with Gasteiger partial charge in [-0.3, -0.25) is 0 Å². The quantitative estimate of drug-likeness (QED) is 0.880. The smallest absolute Gasteiger partial charge is 0.213 e. The van der Waals surface area contributed by atoms with E-state index in [0.717, 1.165) is 25.7 Å². The molecule has 1 aromatic heterocycles. The lowest BCUT2D eigenvalue weighted by Crippen LogP contribution is -2.41. The van der Waals surface area contributed by atoms with Gasteiger partial charge in [-0.15, -0.1) is 0 Å². The van der Waals surface area contributed by atoms with Crippen LogP contribution in [0, 0.1) is 0 Å². The first-order valence-electron chi connectivity index (χ1n) is 6.39. The molecule has 0 spiro atoms. The Morgan fingerprint density at radius 2 is 1.89 bits per heavy atom. The lowest BCUT2D eigenvalue weighted by Gasteiger charge is -2.34. The van der Waals surface area contributed by atoms with E-state index in [-0.39, 0.29) is 0 Å². The topological polar surface area (TPSA) is 64.9 Å². The maximum absolute atomic E-state index is 6.38. The summed E-state index contributed by atoms with van der Waals surface area (Å²) in [5, 5.41) is 3.90. The molecule has 0 saturated heterocycles. The summed E-state index contributed by atoms with van der Waals surface area (Å²) in [6.45, 7) is 0. The second kappa shape index (κ2) is 4.53. The normalized spacial score (nSPS) is 28.2. The third-order valence-corrected chi connectivity index (χ3v) is 3.96. The predicted octanol–water partition coefficient (Wildman–Crippen LogP) is 2.58. The van der Waals surface area contributed by atoms with Gasteiger partial charge in [0.05, 0.1) is 5.54 Å². The van der Waals surface area contributed by atoms with Crippen molar-refractivity contribution in [2.45, 2.75) is 37.1 Å². The number of aromatic nitrogens is 2. The van der Waals surface area contributed by atoms with E-state index in [9.17, 15) is 0 Å². The zero-order chi connectivity index (χ0) is 12.4. The van der Waals surface area contributed by atoms with Crippen LogP contribution in [0.2, 0.25) is 0 Å². The molecule has 1 aliphatic carbocycles. The molecule has 0 unspecified atom stereocenters. The van der Waals surface area contributed by atoms with Crippen molar-refractivity contribution in [3.05, 3.63) is 48.1 Å². The van der Waals surface area contributed by atoms with Gasteiger partial charge >= 0.3 is 0 Å². The molecular weight excluding hydrogens is 226 g/mol. The maximum atomic E-state index is 6.38. The van der Waals surface area contributed by atoms with Crippen molar-refractivity contribution >= 4 is 0 Å². The van der Waals surface area contributed by atoms with Crippen LogP contribution in [-0.2, 0) is 5.54 Å². The zero-order valence-corrected chi connectivity index (χ0v) is 10.2. The van der Waals surface area contributed by atoms with Gasteiger partial charge in [0.1, 0.15) is 0 Å². The van der Waals surface area contributed by atoms with Crippen molar-refractivity contribution in [3.63, 3.8) is 0 Å². The highest BCUT2D eigenvalue weighted by Gasteiger charge is 2.36. The Balaban J connectivity index is 1.72. The van der Waals surface area contributed by atoms with Crippen LogP contribution >= 0.6 is 0 Å². The Labute approximate surface area is 106 Å². The number of benzene rings is 1. The van der Waals surface area contributed by atoms with Crippen molar-refractivity contribution in [3.8, 4) is 0 Å². The molecule has 0 atom stereocenters. The molecule has 1 aromatic carbocycles. The summed E-state index contributed by atoms with van der Waals surface area (Å²) in [5.74, 6) is 1.25. The molecule has 0 amide bonds. The molecule has 1 aliphatic rings. The molecule has 94 valence electrons. The van der Waals surface area contributed by atoms with E-state index in [1.54, 1.807) is 0 Å². The van der Waals surface area contributed by atoms with Crippen LogP contribution < -0.4 is 5.73 Å². The molecule has 18 heavy (non-hydrogen) atoms. The summed E-state index contributed by atoms with van der Waals surface area (Å²) >= 11 is 0. The molecule has 0 radical (unpaired) electrons. The lowest BCUT2D eigenvalue weighted by atomic mass is 9.74. The monoisotopic (exact) mass is 243 g/mol. The summed E-state index contributed by atoms with van der Waals surface area (Å²) in [6.07, 6.45) is 5.33. The maximum Gasteiger partial charge on any atom is 0.213 e. The number of hydrogen-bond acceptors (Lipinski definition) is 4. The Morgan fingerprint density at radius 1 is 1.17 bits per heavy atom. The largest absolute Gasteiger partial charge is 0.343 e. The highest BCUT2D eigenvalue weighted by Crippen LogP contribution is 2.40. The lowest BCUT2D eigenvalue weighted by molar-refractivity contribution is 0.254. The number of rotatable bonds is 2. The minimum Gasteiger partial charge on any atom is -0.343 e. The minimum atomic E-state index is -0.404. The Bertz CT molecular complexity index is 487. The minimum absolute atomic E-state index is 0.404. The molecule has 0 aliphatic heterocycles. The second-order valence-corrected chi connectivity index (χ2v) is 5.10. The zero-order valence-electron chi connectivity index (χ0n) is 10.2. The van der Waals surface area contributed by atoms with Crippen LogP contribution in [0.3, 0.4) is 0 Å². The van der Waals surface area contributed by atoms with Crippen molar-refractivity contribution in [2.75, 3.05) is 0 Å². The van der Waals surface area contributed by atoms with Gasteiger partial charge in [-0.25, -0.2) is 0 Å². The SMILES string of the molecule is NC1(c2ncon2)CCC(c2ccccc2)CC1. The van der Waals surface area contributed by atoms with Crippen molar-refractivity contribution in [1.29, 1.82) is 0 Å². The fourth-order valence-electron chi connectivity index (χ4n) is 2.81. The van der Waals surface area contributed by atoms with Crippen LogP contribution in [0.15, 0.2) is 41.2 Å². The summed E-state index contributed by atoms with van der Waals surface area (Å²) < 4.78 is 4.80. The van der Waals surface area contributed by atoms with Crippen LogP contribution in [-0.4, -0.2) is 10.1 Å². The van der Waals surface area contributed by atoms with Crippen LogP contribution in [0.5, 0.6) is 0 Å². The summed E-state index contributed by atoms with van der Waals surface area (Å²) in [5.41, 5.74) is 7.39. The third kappa shape index (κ3) is 2.04. The van der Waals surface area contributed by atoms with Gasteiger partial charge in [0.25, 0.3) is 0 Å². The highest BCUT2D eigenvalue weighted by molar-refractivity contribution is 5.21. The van der Waals surface area contributed by atoms with E-state index in [1.807, 2.05) is 0 Å². The van der Waals surface area contributed by atoms with Gasteiger partial charge in [0.2, 0.25) is 6.39 Å². The summed E-state index contributed by atoms with van der Waals surface area (Å²) in [7, 11) is 0. The average Bonchev–Trinajstić information content (AvgIpc) is 2.95. The molecule has 3 rings (SSSR count).